The van der Waals surface area contributed by atoms with Crippen LogP contribution in [-0.4, -0.2) is 38.4 Å². The predicted molar refractivity (Wildman–Crippen MR) is 217 cm³/mol. The van der Waals surface area contributed by atoms with Gasteiger partial charge >= 0.3 is 112 Å². The third-order valence-electron chi connectivity index (χ3n) is 8.28. The molecule has 1 aromatic heterocycles. The summed E-state index contributed by atoms with van der Waals surface area (Å²) in [6.45, 7) is 21.4. The van der Waals surface area contributed by atoms with E-state index in [4.69, 9.17) is 19.4 Å². The molecule has 1 aliphatic rings. The van der Waals surface area contributed by atoms with Gasteiger partial charge in [0.2, 0.25) is 0 Å². The van der Waals surface area contributed by atoms with Gasteiger partial charge in [0.1, 0.15) is 0 Å². The number of ether oxygens (including phenoxy) is 1. The average molecular weight is 829 g/mol. The number of nitrogens with zero attached hydrogens (tertiary/aromatic N) is 4. The Morgan fingerprint density at radius 3 is 1.75 bits per heavy atom. The summed E-state index contributed by atoms with van der Waals surface area (Å²) >= 11 is -2.03. The standard InChI is InChI=1S/C21H27N2.C11H9N.C10H11NO3.2ClH.Ru/c1-14-9-16(3)20(17(4)10-14)22-7-8-23(13-22)21-18(5)11-15(2)12-19(21)6;1-2-5-10(6-3-1)11-7-4-8-12-9-11;1-7(2)14-10-5-4-9(11(12)13)6-8(10)3;;;/h9-13H,7-8H2,1-6H3;1-9H;3-7H,1-2H3;2*1H;/q-1;;;;;+2/p-1. The number of nitro groups is 1. The number of nitro benzene ring substituents is 1. The van der Waals surface area contributed by atoms with Crippen LogP contribution < -0.4 is 9.80 Å². The first-order valence-corrected chi connectivity index (χ1v) is 22.5. The summed E-state index contributed by atoms with van der Waals surface area (Å²) in [6, 6.07) is 27.9. The minimum Gasteiger partial charge on any atom is -0.502 e. The third-order valence-corrected chi connectivity index (χ3v) is 10.1. The van der Waals surface area contributed by atoms with E-state index in [-0.39, 0.29) is 11.8 Å². The molecule has 0 aliphatic carbocycles. The molecule has 1 saturated heterocycles. The number of aryl methyl sites for hydroxylation is 6. The number of aliphatic hydroxyl groups is 1. The molecule has 5 aromatic rings. The van der Waals surface area contributed by atoms with Gasteiger partial charge in [0.05, 0.1) is 0 Å². The van der Waals surface area contributed by atoms with Crippen molar-refractivity contribution in [2.75, 3.05) is 22.9 Å². The van der Waals surface area contributed by atoms with Gasteiger partial charge in [-0.25, -0.2) is 0 Å². The summed E-state index contributed by atoms with van der Waals surface area (Å²) in [5.74, 6) is 0.686. The Morgan fingerprint density at radius 1 is 0.788 bits per heavy atom. The Labute approximate surface area is 321 Å². The largest absolute Gasteiger partial charge is 0.502 e. The molecule has 276 valence electrons. The number of aromatic hydroxyl groups is 1. The van der Waals surface area contributed by atoms with E-state index >= 15 is 0 Å². The van der Waals surface area contributed by atoms with Crippen molar-refractivity contribution in [3.05, 3.63) is 153 Å². The first-order valence-electron chi connectivity index (χ1n) is 17.0. The molecule has 52 heavy (non-hydrogen) atoms. The van der Waals surface area contributed by atoms with E-state index in [1.165, 1.54) is 62.5 Å². The average Bonchev–Trinajstić information content (AvgIpc) is 3.54. The first kappa shape index (κ1) is 40.7. The molecule has 0 radical (unpaired) electrons. The van der Waals surface area contributed by atoms with E-state index in [1.807, 2.05) is 44.3 Å². The molecule has 1 aliphatic heterocycles. The van der Waals surface area contributed by atoms with E-state index < -0.39 is 18.4 Å². The SMILES string of the molecule is CC(C)[OH+]c1ccc([N+](=O)[O-])cc1[CH]=[Ru]([Cl])[Cl].Cc1cc(C)c(N2[CH-]N(c3c(C)cc(C)cc3C)CC2)c(C)c1.c1ccc(-c2cccnc2)cc1. The fourth-order valence-corrected chi connectivity index (χ4v) is 8.26. The van der Waals surface area contributed by atoms with E-state index in [1.54, 1.807) is 16.9 Å². The van der Waals surface area contributed by atoms with E-state index in [0.717, 1.165) is 18.7 Å². The van der Waals surface area contributed by atoms with Gasteiger partial charge in [-0.15, -0.1) is 0 Å². The van der Waals surface area contributed by atoms with Crippen LogP contribution in [0.25, 0.3) is 11.1 Å². The number of anilines is 2. The minimum absolute atomic E-state index is 0.0164. The van der Waals surface area contributed by atoms with Crippen molar-refractivity contribution < 1.29 is 23.2 Å². The van der Waals surface area contributed by atoms with Gasteiger partial charge in [-0.3, -0.25) is 4.98 Å². The molecule has 1 N–H and O–H groups in total. The monoisotopic (exact) mass is 828 g/mol. The van der Waals surface area contributed by atoms with Crippen LogP contribution in [0.1, 0.15) is 52.8 Å². The fourth-order valence-electron chi connectivity index (χ4n) is 6.47. The molecule has 0 atom stereocenters. The number of halogens is 2. The maximum absolute atomic E-state index is 10.7. The van der Waals surface area contributed by atoms with E-state index in [0.29, 0.717) is 11.3 Å². The molecule has 2 heterocycles. The summed E-state index contributed by atoms with van der Waals surface area (Å²) in [5.41, 5.74) is 13.9. The van der Waals surface area contributed by atoms with Crippen LogP contribution in [0.3, 0.4) is 0 Å². The van der Waals surface area contributed by atoms with Crippen LogP contribution in [0.2, 0.25) is 0 Å². The van der Waals surface area contributed by atoms with Gasteiger partial charge in [0.15, 0.2) is 0 Å². The second kappa shape index (κ2) is 19.1. The summed E-state index contributed by atoms with van der Waals surface area (Å²) in [5, 5.41) is 10.7. The zero-order chi connectivity index (χ0) is 37.9. The number of hydrogen-bond donors (Lipinski definition) is 0. The molecular formula is C42H48Cl2N4O3Ru. The zero-order valence-corrected chi connectivity index (χ0v) is 34.3. The number of pyridine rings is 1. The van der Waals surface area contributed by atoms with E-state index in [9.17, 15) is 10.1 Å². The van der Waals surface area contributed by atoms with Crippen LogP contribution >= 0.6 is 19.4 Å². The molecule has 1 fully saturated rings. The molecule has 0 saturated carbocycles. The topological polar surface area (TPSA) is 75.3 Å². The number of aromatic nitrogens is 1. The second-order valence-electron chi connectivity index (χ2n) is 13.1. The van der Waals surface area contributed by atoms with Crippen molar-refractivity contribution in [1.82, 2.24) is 4.98 Å². The van der Waals surface area contributed by atoms with Crippen LogP contribution in [0.4, 0.5) is 17.1 Å². The maximum atomic E-state index is 10.7. The molecular weight excluding hydrogens is 780 g/mol. The van der Waals surface area contributed by atoms with Gasteiger partial charge in [-0.2, -0.15) is 6.67 Å². The van der Waals surface area contributed by atoms with Gasteiger partial charge < -0.3 is 9.80 Å². The van der Waals surface area contributed by atoms with Crippen molar-refractivity contribution in [2.45, 2.75) is 61.5 Å². The number of rotatable bonds is 7. The molecule has 10 heteroatoms. The van der Waals surface area contributed by atoms with Crippen LogP contribution in [-0.2, 0) is 13.5 Å². The Bertz CT molecular complexity index is 1860. The number of non-ortho nitro benzene ring substituents is 1. The molecule has 0 spiro atoms. The molecule has 0 unspecified atom stereocenters. The second-order valence-corrected chi connectivity index (χ2v) is 18.9. The fraction of sp³-hybridized carbons (Fsp3) is 0.262. The van der Waals surface area contributed by atoms with Gasteiger partial charge in [0, 0.05) is 36.9 Å². The maximum Gasteiger partial charge on any atom is 0.0346 e. The molecule has 7 nitrogen and oxygen atoms in total. The Hall–Kier alpha value is -4.10. The zero-order valence-electron chi connectivity index (χ0n) is 31.0. The van der Waals surface area contributed by atoms with Crippen LogP contribution in [0.5, 0.6) is 5.75 Å². The Kier molecular flexibility index (Phi) is 15.0. The van der Waals surface area contributed by atoms with Crippen molar-refractivity contribution in [2.24, 2.45) is 0 Å². The third kappa shape index (κ3) is 11.5. The minimum atomic E-state index is -2.03. The normalized spacial score (nSPS) is 12.4. The predicted octanol–water partition coefficient (Wildman–Crippen LogP) is 11.1. The molecule has 0 bridgehead atoms. The van der Waals surface area contributed by atoms with Crippen LogP contribution in [0.15, 0.2) is 97.3 Å². The molecule has 0 amide bonds. The Morgan fingerprint density at radius 2 is 1.31 bits per heavy atom. The number of benzene rings is 4. The summed E-state index contributed by atoms with van der Waals surface area (Å²) in [7, 11) is 11.6. The molecule has 6 rings (SSSR count). The van der Waals surface area contributed by atoms with Crippen LogP contribution in [0, 0.1) is 58.3 Å². The molecule has 4 aromatic carbocycles. The summed E-state index contributed by atoms with van der Waals surface area (Å²) in [6.07, 6.45) is 3.76. The smallest absolute Gasteiger partial charge is 0.0346 e. The van der Waals surface area contributed by atoms with Crippen molar-refractivity contribution in [1.29, 1.82) is 0 Å². The first-order chi connectivity index (χ1) is 24.7. The van der Waals surface area contributed by atoms with E-state index in [2.05, 4.69) is 110 Å². The van der Waals surface area contributed by atoms with Crippen molar-refractivity contribution in [3.63, 3.8) is 0 Å². The van der Waals surface area contributed by atoms with Crippen molar-refractivity contribution >= 4 is 41.1 Å². The van der Waals surface area contributed by atoms with Gasteiger partial charge in [-0.1, -0.05) is 71.8 Å². The summed E-state index contributed by atoms with van der Waals surface area (Å²) in [4.78, 5) is 19.1. The van der Waals surface area contributed by atoms with Gasteiger partial charge in [0.25, 0.3) is 0 Å². The van der Waals surface area contributed by atoms with Crippen molar-refractivity contribution in [3.8, 4) is 16.9 Å². The summed E-state index contributed by atoms with van der Waals surface area (Å²) < 4.78 is 6.03. The Balaban J connectivity index is 0.000000184. The number of hydrogen-bond acceptors (Lipinski definition) is 5. The quantitative estimate of drug-likeness (QED) is 0.0537. The van der Waals surface area contributed by atoms with Gasteiger partial charge in [-0.05, 0) is 81.0 Å².